The summed E-state index contributed by atoms with van der Waals surface area (Å²) in [5.41, 5.74) is 1.95. The summed E-state index contributed by atoms with van der Waals surface area (Å²) in [5, 5.41) is 0.964. The van der Waals surface area contributed by atoms with Crippen molar-refractivity contribution >= 4 is 29.2 Å². The molecule has 2 aromatic rings. The molecule has 2 nitrogen and oxygen atoms in total. The standard InChI is InChI=1S/C18H16Cl2O2/c1-2-10-22-18(21)12-15(13-6-4-3-5-7-13)14-8-9-16(19)17(20)11-14/h2-9,11,15H,1,10,12H2/t15-/m1/s1. The van der Waals surface area contributed by atoms with E-state index < -0.39 is 0 Å². The molecule has 0 aliphatic carbocycles. The Kier molecular flexibility index (Phi) is 6.05. The molecular formula is C18H16Cl2O2. The molecular weight excluding hydrogens is 319 g/mol. The normalized spacial score (nSPS) is 11.7. The maximum absolute atomic E-state index is 12.0. The van der Waals surface area contributed by atoms with Crippen molar-refractivity contribution in [1.29, 1.82) is 0 Å². The minimum Gasteiger partial charge on any atom is -0.461 e. The maximum Gasteiger partial charge on any atom is 0.307 e. The highest BCUT2D eigenvalue weighted by Crippen LogP contribution is 2.32. The van der Waals surface area contributed by atoms with Gasteiger partial charge in [-0.25, -0.2) is 0 Å². The van der Waals surface area contributed by atoms with Crippen LogP contribution < -0.4 is 0 Å². The van der Waals surface area contributed by atoms with E-state index >= 15 is 0 Å². The van der Waals surface area contributed by atoms with Crippen LogP contribution in [0.5, 0.6) is 0 Å². The SMILES string of the molecule is C=CCOC(=O)C[C@H](c1ccccc1)c1ccc(Cl)c(Cl)c1. The van der Waals surface area contributed by atoms with Crippen LogP contribution in [0.4, 0.5) is 0 Å². The molecule has 0 saturated heterocycles. The molecule has 114 valence electrons. The summed E-state index contributed by atoms with van der Waals surface area (Å²) < 4.78 is 5.10. The molecule has 0 saturated carbocycles. The Hall–Kier alpha value is -1.77. The van der Waals surface area contributed by atoms with Gasteiger partial charge >= 0.3 is 5.97 Å². The van der Waals surface area contributed by atoms with Crippen molar-refractivity contribution in [2.24, 2.45) is 0 Å². The third kappa shape index (κ3) is 4.36. The van der Waals surface area contributed by atoms with Gasteiger partial charge in [-0.2, -0.15) is 0 Å². The predicted octanol–water partition coefficient (Wildman–Crippen LogP) is 5.24. The van der Waals surface area contributed by atoms with Crippen molar-refractivity contribution in [2.45, 2.75) is 12.3 Å². The van der Waals surface area contributed by atoms with Crippen LogP contribution in [0.2, 0.25) is 10.0 Å². The van der Waals surface area contributed by atoms with Gasteiger partial charge in [0, 0.05) is 5.92 Å². The van der Waals surface area contributed by atoms with E-state index in [0.29, 0.717) is 10.0 Å². The maximum atomic E-state index is 12.0. The van der Waals surface area contributed by atoms with E-state index in [0.717, 1.165) is 11.1 Å². The van der Waals surface area contributed by atoms with Crippen LogP contribution in [-0.2, 0) is 9.53 Å². The molecule has 22 heavy (non-hydrogen) atoms. The Morgan fingerprint density at radius 3 is 2.45 bits per heavy atom. The number of hydrogen-bond donors (Lipinski definition) is 0. The van der Waals surface area contributed by atoms with Crippen LogP contribution in [0.1, 0.15) is 23.5 Å². The van der Waals surface area contributed by atoms with Crippen molar-refractivity contribution in [3.8, 4) is 0 Å². The van der Waals surface area contributed by atoms with Gasteiger partial charge in [-0.1, -0.05) is 72.3 Å². The van der Waals surface area contributed by atoms with Gasteiger partial charge in [0.2, 0.25) is 0 Å². The lowest BCUT2D eigenvalue weighted by Gasteiger charge is -2.18. The number of rotatable bonds is 6. The van der Waals surface area contributed by atoms with Gasteiger partial charge in [0.15, 0.2) is 0 Å². The zero-order valence-corrected chi connectivity index (χ0v) is 13.5. The van der Waals surface area contributed by atoms with Gasteiger partial charge < -0.3 is 4.74 Å². The average molecular weight is 335 g/mol. The molecule has 1 atom stereocenters. The Balaban J connectivity index is 2.31. The molecule has 0 N–H and O–H groups in total. The topological polar surface area (TPSA) is 26.3 Å². The van der Waals surface area contributed by atoms with Gasteiger partial charge in [-0.15, -0.1) is 0 Å². The monoisotopic (exact) mass is 334 g/mol. The molecule has 0 aliphatic rings. The predicted molar refractivity (Wildman–Crippen MR) is 90.5 cm³/mol. The minimum absolute atomic E-state index is 0.131. The first-order valence-electron chi connectivity index (χ1n) is 6.88. The van der Waals surface area contributed by atoms with Gasteiger partial charge in [-0.3, -0.25) is 4.79 Å². The first-order chi connectivity index (χ1) is 10.6. The van der Waals surface area contributed by atoms with Crippen molar-refractivity contribution in [3.05, 3.63) is 82.4 Å². The zero-order valence-electron chi connectivity index (χ0n) is 12.0. The summed E-state index contributed by atoms with van der Waals surface area (Å²) in [6, 6.07) is 15.2. The molecule has 0 amide bonds. The van der Waals surface area contributed by atoms with E-state index in [9.17, 15) is 4.79 Å². The van der Waals surface area contributed by atoms with Gasteiger partial charge in [-0.05, 0) is 23.3 Å². The van der Waals surface area contributed by atoms with E-state index in [1.165, 1.54) is 0 Å². The molecule has 0 aliphatic heterocycles. The number of carbonyl (C=O) groups excluding carboxylic acids is 1. The van der Waals surface area contributed by atoms with Crippen molar-refractivity contribution in [2.75, 3.05) is 6.61 Å². The Morgan fingerprint density at radius 2 is 1.82 bits per heavy atom. The zero-order chi connectivity index (χ0) is 15.9. The second-order valence-corrected chi connectivity index (χ2v) is 5.63. The summed E-state index contributed by atoms with van der Waals surface area (Å²) in [6.07, 6.45) is 1.78. The molecule has 4 heteroatoms. The molecule has 2 rings (SSSR count). The molecule has 0 heterocycles. The summed E-state index contributed by atoms with van der Waals surface area (Å²) in [7, 11) is 0. The molecule has 0 aromatic heterocycles. The largest absolute Gasteiger partial charge is 0.461 e. The second-order valence-electron chi connectivity index (χ2n) is 4.81. The third-order valence-corrected chi connectivity index (χ3v) is 4.02. The number of benzene rings is 2. The smallest absolute Gasteiger partial charge is 0.307 e. The lowest BCUT2D eigenvalue weighted by molar-refractivity contribution is -0.142. The Bertz CT molecular complexity index is 653. The molecule has 2 aromatic carbocycles. The van der Waals surface area contributed by atoms with Crippen LogP contribution in [0.15, 0.2) is 61.2 Å². The first kappa shape index (κ1) is 16.6. The highest BCUT2D eigenvalue weighted by atomic mass is 35.5. The van der Waals surface area contributed by atoms with Crippen molar-refractivity contribution < 1.29 is 9.53 Å². The van der Waals surface area contributed by atoms with E-state index in [1.54, 1.807) is 18.2 Å². The fourth-order valence-corrected chi connectivity index (χ4v) is 2.53. The van der Waals surface area contributed by atoms with Crippen LogP contribution >= 0.6 is 23.2 Å². The fraction of sp³-hybridized carbons (Fsp3) is 0.167. The van der Waals surface area contributed by atoms with Gasteiger partial charge in [0.05, 0.1) is 16.5 Å². The lowest BCUT2D eigenvalue weighted by Crippen LogP contribution is -2.12. The molecule has 0 unspecified atom stereocenters. The summed E-state index contributed by atoms with van der Waals surface area (Å²) >= 11 is 12.1. The van der Waals surface area contributed by atoms with E-state index in [2.05, 4.69) is 6.58 Å². The van der Waals surface area contributed by atoms with Crippen LogP contribution in [0.25, 0.3) is 0 Å². The van der Waals surface area contributed by atoms with Crippen molar-refractivity contribution in [1.82, 2.24) is 0 Å². The molecule has 0 bridgehead atoms. The summed E-state index contributed by atoms with van der Waals surface area (Å²) in [4.78, 5) is 12.0. The number of carbonyl (C=O) groups is 1. The summed E-state index contributed by atoms with van der Waals surface area (Å²) in [5.74, 6) is -0.409. The second kappa shape index (κ2) is 8.02. The first-order valence-corrected chi connectivity index (χ1v) is 7.64. The lowest BCUT2D eigenvalue weighted by atomic mass is 9.88. The van der Waals surface area contributed by atoms with Crippen molar-refractivity contribution in [3.63, 3.8) is 0 Å². The molecule has 0 radical (unpaired) electrons. The van der Waals surface area contributed by atoms with E-state index in [-0.39, 0.29) is 24.9 Å². The Labute approximate surface area is 140 Å². The minimum atomic E-state index is -0.278. The van der Waals surface area contributed by atoms with Gasteiger partial charge in [0.1, 0.15) is 6.61 Å². The third-order valence-electron chi connectivity index (χ3n) is 3.28. The van der Waals surface area contributed by atoms with Crippen LogP contribution in [0.3, 0.4) is 0 Å². The number of halogens is 2. The fourth-order valence-electron chi connectivity index (χ4n) is 2.22. The Morgan fingerprint density at radius 1 is 1.09 bits per heavy atom. The number of hydrogen-bond acceptors (Lipinski definition) is 2. The number of esters is 1. The quantitative estimate of drug-likeness (QED) is 0.533. The highest BCUT2D eigenvalue weighted by molar-refractivity contribution is 6.42. The number of ether oxygens (including phenoxy) is 1. The van der Waals surface area contributed by atoms with Crippen LogP contribution in [0, 0.1) is 0 Å². The van der Waals surface area contributed by atoms with E-state index in [4.69, 9.17) is 27.9 Å². The average Bonchev–Trinajstić information content (AvgIpc) is 2.54. The molecule has 0 fully saturated rings. The van der Waals surface area contributed by atoms with Crippen LogP contribution in [-0.4, -0.2) is 12.6 Å². The highest BCUT2D eigenvalue weighted by Gasteiger charge is 2.19. The van der Waals surface area contributed by atoms with E-state index in [1.807, 2.05) is 36.4 Å². The molecule has 0 spiro atoms. The van der Waals surface area contributed by atoms with Gasteiger partial charge in [0.25, 0.3) is 0 Å². The summed E-state index contributed by atoms with van der Waals surface area (Å²) in [6.45, 7) is 3.75.